The molecular weight excluding hydrogens is 244 g/mol. The number of carbonyl (C=O) groups is 1. The zero-order valence-electron chi connectivity index (χ0n) is 11.6. The Kier molecular flexibility index (Phi) is 4.99. The summed E-state index contributed by atoms with van der Waals surface area (Å²) in [4.78, 5) is 13.8. The minimum absolute atomic E-state index is 0.0531. The highest BCUT2D eigenvalue weighted by molar-refractivity contribution is 5.77. The molecule has 106 valence electrons. The van der Waals surface area contributed by atoms with E-state index in [1.807, 2.05) is 23.1 Å². The van der Waals surface area contributed by atoms with Gasteiger partial charge in [0, 0.05) is 39.2 Å². The molecule has 0 saturated carbocycles. The molecule has 0 aromatic rings. The van der Waals surface area contributed by atoms with Crippen LogP contribution in [0.15, 0.2) is 24.0 Å². The number of nitrogens with one attached hydrogen (secondary N) is 1. The van der Waals surface area contributed by atoms with Gasteiger partial charge in [-0.2, -0.15) is 0 Å². The van der Waals surface area contributed by atoms with Crippen molar-refractivity contribution in [3.8, 4) is 0 Å². The standard InChI is InChI=1S/C14H22N2O3/c1-11-9-12(3-4-13(11)18-2)19-10-14(17)16-7-5-15-6-8-16/h3-4,9,11,13,15H,5-8,10H2,1-2H3/t11-,13?/m0/s1. The third kappa shape index (κ3) is 3.81. The molecule has 19 heavy (non-hydrogen) atoms. The minimum Gasteiger partial charge on any atom is -0.484 e. The summed E-state index contributed by atoms with van der Waals surface area (Å²) < 4.78 is 10.9. The van der Waals surface area contributed by atoms with Crippen LogP contribution in [0.3, 0.4) is 0 Å². The van der Waals surface area contributed by atoms with E-state index in [0.29, 0.717) is 0 Å². The van der Waals surface area contributed by atoms with Crippen molar-refractivity contribution in [1.82, 2.24) is 10.2 Å². The number of nitrogens with zero attached hydrogens (tertiary/aromatic N) is 1. The summed E-state index contributed by atoms with van der Waals surface area (Å²) in [6.45, 7) is 5.43. The number of ether oxygens (including phenoxy) is 2. The third-order valence-electron chi connectivity index (χ3n) is 3.50. The Labute approximate surface area is 114 Å². The van der Waals surface area contributed by atoms with Crippen LogP contribution in [0, 0.1) is 5.92 Å². The summed E-state index contributed by atoms with van der Waals surface area (Å²) >= 11 is 0. The van der Waals surface area contributed by atoms with Crippen LogP contribution in [0.1, 0.15) is 6.92 Å². The van der Waals surface area contributed by atoms with Gasteiger partial charge in [-0.1, -0.05) is 13.0 Å². The lowest BCUT2D eigenvalue weighted by Crippen LogP contribution is -2.47. The van der Waals surface area contributed by atoms with Crippen molar-refractivity contribution in [1.29, 1.82) is 0 Å². The van der Waals surface area contributed by atoms with Gasteiger partial charge in [-0.15, -0.1) is 0 Å². The quantitative estimate of drug-likeness (QED) is 0.807. The molecule has 2 atom stereocenters. The van der Waals surface area contributed by atoms with E-state index in [2.05, 4.69) is 12.2 Å². The number of amides is 1. The number of methoxy groups -OCH3 is 1. The molecule has 0 aromatic carbocycles. The largest absolute Gasteiger partial charge is 0.484 e. The maximum absolute atomic E-state index is 11.9. The van der Waals surface area contributed by atoms with Crippen LogP contribution in [0.25, 0.3) is 0 Å². The molecule has 0 spiro atoms. The van der Waals surface area contributed by atoms with Gasteiger partial charge < -0.3 is 19.7 Å². The maximum atomic E-state index is 11.9. The average molecular weight is 266 g/mol. The Morgan fingerprint density at radius 3 is 2.84 bits per heavy atom. The number of piperazine rings is 1. The fraction of sp³-hybridized carbons (Fsp3) is 0.643. The molecule has 0 radical (unpaired) electrons. The highest BCUT2D eigenvalue weighted by Crippen LogP contribution is 2.19. The average Bonchev–Trinajstić information content (AvgIpc) is 2.46. The van der Waals surface area contributed by atoms with Crippen LogP contribution in [0.4, 0.5) is 0 Å². The third-order valence-corrected chi connectivity index (χ3v) is 3.50. The summed E-state index contributed by atoms with van der Waals surface area (Å²) in [5.41, 5.74) is 0. The minimum atomic E-state index is 0.0531. The molecule has 0 aromatic heterocycles. The maximum Gasteiger partial charge on any atom is 0.260 e. The van der Waals surface area contributed by atoms with Crippen LogP contribution < -0.4 is 5.32 Å². The SMILES string of the molecule is COC1C=CC(OCC(=O)N2CCNCC2)=C[C@@H]1C. The molecular formula is C14H22N2O3. The number of hydrogen-bond acceptors (Lipinski definition) is 4. The van der Waals surface area contributed by atoms with E-state index >= 15 is 0 Å². The first-order valence-corrected chi connectivity index (χ1v) is 6.75. The lowest BCUT2D eigenvalue weighted by molar-refractivity contribution is -0.135. The molecule has 1 aliphatic carbocycles. The number of carbonyl (C=O) groups excluding carboxylic acids is 1. The predicted octanol–water partition coefficient (Wildman–Crippen LogP) is 0.540. The monoisotopic (exact) mass is 266 g/mol. The first-order valence-electron chi connectivity index (χ1n) is 6.75. The van der Waals surface area contributed by atoms with Crippen molar-refractivity contribution in [2.45, 2.75) is 13.0 Å². The van der Waals surface area contributed by atoms with Gasteiger partial charge in [-0.25, -0.2) is 0 Å². The Morgan fingerprint density at radius 2 is 2.21 bits per heavy atom. The molecule has 1 saturated heterocycles. The predicted molar refractivity (Wildman–Crippen MR) is 72.6 cm³/mol. The molecule has 5 heteroatoms. The van der Waals surface area contributed by atoms with Gasteiger partial charge in [-0.05, 0) is 12.2 Å². The van der Waals surface area contributed by atoms with E-state index in [9.17, 15) is 4.79 Å². The van der Waals surface area contributed by atoms with E-state index in [-0.39, 0.29) is 24.5 Å². The second kappa shape index (κ2) is 6.73. The van der Waals surface area contributed by atoms with Crippen LogP contribution in [-0.2, 0) is 14.3 Å². The van der Waals surface area contributed by atoms with E-state index in [0.717, 1.165) is 31.9 Å². The normalized spacial score (nSPS) is 27.1. The summed E-state index contributed by atoms with van der Waals surface area (Å²) in [6.07, 6.45) is 5.93. The van der Waals surface area contributed by atoms with Gasteiger partial charge >= 0.3 is 0 Å². The second-order valence-corrected chi connectivity index (χ2v) is 4.91. The topological polar surface area (TPSA) is 50.8 Å². The molecule has 1 unspecified atom stereocenters. The lowest BCUT2D eigenvalue weighted by atomic mass is 9.99. The molecule has 1 amide bonds. The number of rotatable bonds is 4. The molecule has 1 aliphatic heterocycles. The summed E-state index contributed by atoms with van der Waals surface area (Å²) in [7, 11) is 1.69. The van der Waals surface area contributed by atoms with Gasteiger partial charge in [0.25, 0.3) is 5.91 Å². The molecule has 0 bridgehead atoms. The highest BCUT2D eigenvalue weighted by atomic mass is 16.5. The van der Waals surface area contributed by atoms with Gasteiger partial charge in [0.15, 0.2) is 6.61 Å². The Bertz CT molecular complexity index is 373. The first kappa shape index (κ1) is 14.1. The Hall–Kier alpha value is -1.33. The van der Waals surface area contributed by atoms with E-state index in [1.54, 1.807) is 7.11 Å². The van der Waals surface area contributed by atoms with Crippen molar-refractivity contribution in [2.75, 3.05) is 39.9 Å². The molecule has 1 fully saturated rings. The van der Waals surface area contributed by atoms with Gasteiger partial charge in [0.1, 0.15) is 5.76 Å². The lowest BCUT2D eigenvalue weighted by Gasteiger charge is -2.28. The smallest absolute Gasteiger partial charge is 0.260 e. The van der Waals surface area contributed by atoms with Gasteiger partial charge in [0.05, 0.1) is 6.10 Å². The van der Waals surface area contributed by atoms with Crippen LogP contribution in [0.5, 0.6) is 0 Å². The molecule has 2 aliphatic rings. The van der Waals surface area contributed by atoms with Gasteiger partial charge in [0.2, 0.25) is 0 Å². The van der Waals surface area contributed by atoms with Crippen LogP contribution in [-0.4, -0.2) is 56.8 Å². The van der Waals surface area contributed by atoms with Crippen LogP contribution in [0.2, 0.25) is 0 Å². The highest BCUT2D eigenvalue weighted by Gasteiger charge is 2.19. The fourth-order valence-corrected chi connectivity index (χ4v) is 2.31. The molecule has 1 heterocycles. The van der Waals surface area contributed by atoms with Crippen molar-refractivity contribution < 1.29 is 14.3 Å². The number of hydrogen-bond donors (Lipinski definition) is 1. The van der Waals surface area contributed by atoms with Crippen molar-refractivity contribution >= 4 is 5.91 Å². The molecule has 2 rings (SSSR count). The van der Waals surface area contributed by atoms with Crippen molar-refractivity contribution in [2.24, 2.45) is 5.92 Å². The second-order valence-electron chi connectivity index (χ2n) is 4.91. The van der Waals surface area contributed by atoms with Gasteiger partial charge in [-0.3, -0.25) is 4.79 Å². The summed E-state index contributed by atoms with van der Waals surface area (Å²) in [6, 6.07) is 0. The number of allylic oxidation sites excluding steroid dienone is 1. The summed E-state index contributed by atoms with van der Waals surface area (Å²) in [5, 5.41) is 3.22. The van der Waals surface area contributed by atoms with E-state index in [4.69, 9.17) is 9.47 Å². The van der Waals surface area contributed by atoms with E-state index < -0.39 is 0 Å². The molecule has 1 N–H and O–H groups in total. The zero-order valence-corrected chi connectivity index (χ0v) is 11.6. The Morgan fingerprint density at radius 1 is 1.47 bits per heavy atom. The Balaban J connectivity index is 1.79. The zero-order chi connectivity index (χ0) is 13.7. The first-order chi connectivity index (χ1) is 9.20. The van der Waals surface area contributed by atoms with E-state index in [1.165, 1.54) is 0 Å². The van der Waals surface area contributed by atoms with Crippen molar-refractivity contribution in [3.63, 3.8) is 0 Å². The summed E-state index contributed by atoms with van der Waals surface area (Å²) in [5.74, 6) is 1.07. The van der Waals surface area contributed by atoms with Crippen LogP contribution >= 0.6 is 0 Å². The fourth-order valence-electron chi connectivity index (χ4n) is 2.31. The molecule has 5 nitrogen and oxygen atoms in total. The van der Waals surface area contributed by atoms with Crippen molar-refractivity contribution in [3.05, 3.63) is 24.0 Å².